The van der Waals surface area contributed by atoms with Gasteiger partial charge in [-0.25, -0.2) is 5.43 Å². The minimum atomic E-state index is -0.840. The highest BCUT2D eigenvalue weighted by molar-refractivity contribution is 6.33. The maximum Gasteiger partial charge on any atom is 0.284 e. The second-order valence-electron chi connectivity index (χ2n) is 6.22. The van der Waals surface area contributed by atoms with E-state index in [1.165, 1.54) is 24.4 Å². The highest BCUT2D eigenvalue weighted by Gasteiger charge is 2.27. The van der Waals surface area contributed by atoms with E-state index < -0.39 is 16.9 Å². The molecule has 0 aliphatic carbocycles. The van der Waals surface area contributed by atoms with Crippen LogP contribution in [-0.2, 0) is 4.79 Å². The van der Waals surface area contributed by atoms with Gasteiger partial charge in [0.15, 0.2) is 11.5 Å². The van der Waals surface area contributed by atoms with Crippen LogP contribution in [0.2, 0.25) is 5.02 Å². The standard InChI is InChI=1S/C20H14ClN3O6/c21-15-7-5-12(24(26)27)9-14(15)16-8-6-13(29-16)10-22-23-20(25)19-11-28-17-3-1-2-4-18(17)30-19/h1-10,19H,11H2,(H,23,25)/b22-10-. The lowest BCUT2D eigenvalue weighted by Crippen LogP contribution is -2.42. The molecule has 0 radical (unpaired) electrons. The lowest BCUT2D eigenvalue weighted by Gasteiger charge is -2.24. The Bertz CT molecular complexity index is 1140. The second kappa shape index (κ2) is 8.26. The summed E-state index contributed by atoms with van der Waals surface area (Å²) in [5.74, 6) is 1.23. The van der Waals surface area contributed by atoms with E-state index in [9.17, 15) is 14.9 Å². The van der Waals surface area contributed by atoms with Crippen molar-refractivity contribution in [3.63, 3.8) is 0 Å². The summed E-state index contributed by atoms with van der Waals surface area (Å²) in [6, 6.07) is 14.3. The number of hydrogen-bond acceptors (Lipinski definition) is 7. The number of ether oxygens (including phenoxy) is 2. The smallest absolute Gasteiger partial charge is 0.284 e. The fourth-order valence-corrected chi connectivity index (χ4v) is 2.97. The zero-order valence-corrected chi connectivity index (χ0v) is 16.0. The minimum Gasteiger partial charge on any atom is -0.485 e. The van der Waals surface area contributed by atoms with E-state index in [0.717, 1.165) is 0 Å². The molecule has 152 valence electrons. The Kier molecular flexibility index (Phi) is 5.36. The quantitative estimate of drug-likeness (QED) is 0.376. The normalized spacial score (nSPS) is 15.2. The molecule has 1 N–H and O–H groups in total. The van der Waals surface area contributed by atoms with Gasteiger partial charge in [0.05, 0.1) is 16.2 Å². The van der Waals surface area contributed by atoms with Crippen molar-refractivity contribution < 1.29 is 23.6 Å². The number of carbonyl (C=O) groups excluding carboxylic acids is 1. The summed E-state index contributed by atoms with van der Waals surface area (Å²) >= 11 is 6.11. The molecule has 0 bridgehead atoms. The van der Waals surface area contributed by atoms with Crippen LogP contribution in [0.15, 0.2) is 64.1 Å². The Hall–Kier alpha value is -3.85. The topological polar surface area (TPSA) is 116 Å². The van der Waals surface area contributed by atoms with Gasteiger partial charge in [0.1, 0.15) is 18.1 Å². The number of para-hydroxylation sites is 2. The zero-order chi connectivity index (χ0) is 21.1. The number of amides is 1. The Labute approximate surface area is 175 Å². The van der Waals surface area contributed by atoms with E-state index in [0.29, 0.717) is 33.6 Å². The van der Waals surface area contributed by atoms with E-state index in [1.54, 1.807) is 30.3 Å². The van der Waals surface area contributed by atoms with Gasteiger partial charge in [0.2, 0.25) is 6.10 Å². The van der Waals surface area contributed by atoms with Gasteiger partial charge < -0.3 is 13.9 Å². The third-order valence-electron chi connectivity index (χ3n) is 4.22. The molecule has 2 heterocycles. The van der Waals surface area contributed by atoms with E-state index in [-0.39, 0.29) is 12.3 Å². The number of fused-ring (bicyclic) bond motifs is 1. The van der Waals surface area contributed by atoms with E-state index in [1.807, 2.05) is 6.07 Å². The van der Waals surface area contributed by atoms with Crippen molar-refractivity contribution in [2.24, 2.45) is 5.10 Å². The SMILES string of the molecule is O=C(N/N=C\c1ccc(-c2cc([N+](=O)[O-])ccc2Cl)o1)C1COc2ccccc2O1. The molecule has 0 fully saturated rings. The van der Waals surface area contributed by atoms with Crippen LogP contribution in [0.5, 0.6) is 11.5 Å². The van der Waals surface area contributed by atoms with Crippen LogP contribution in [0, 0.1) is 10.1 Å². The number of nitro groups is 1. The summed E-state index contributed by atoms with van der Waals surface area (Å²) < 4.78 is 16.7. The van der Waals surface area contributed by atoms with E-state index in [2.05, 4.69) is 10.5 Å². The zero-order valence-electron chi connectivity index (χ0n) is 15.3. The molecule has 1 atom stereocenters. The number of carbonyl (C=O) groups is 1. The Morgan fingerprint density at radius 1 is 1.20 bits per heavy atom. The number of rotatable bonds is 5. The summed E-state index contributed by atoms with van der Waals surface area (Å²) in [5.41, 5.74) is 2.64. The molecule has 10 heteroatoms. The summed E-state index contributed by atoms with van der Waals surface area (Å²) in [5, 5.41) is 15.1. The first-order valence-electron chi connectivity index (χ1n) is 8.77. The number of nitro benzene ring substituents is 1. The fraction of sp³-hybridized carbons (Fsp3) is 0.100. The van der Waals surface area contributed by atoms with Crippen molar-refractivity contribution in [2.75, 3.05) is 6.61 Å². The van der Waals surface area contributed by atoms with Gasteiger partial charge in [-0.15, -0.1) is 0 Å². The molecular formula is C20H14ClN3O6. The maximum absolute atomic E-state index is 12.2. The minimum absolute atomic E-state index is 0.0640. The van der Waals surface area contributed by atoms with Crippen molar-refractivity contribution in [3.05, 3.63) is 75.5 Å². The second-order valence-corrected chi connectivity index (χ2v) is 6.63. The van der Waals surface area contributed by atoms with Crippen molar-refractivity contribution in [3.8, 4) is 22.8 Å². The molecule has 1 amide bonds. The molecule has 2 aromatic carbocycles. The van der Waals surface area contributed by atoms with Crippen LogP contribution < -0.4 is 14.9 Å². The molecule has 4 rings (SSSR count). The first-order valence-corrected chi connectivity index (χ1v) is 9.14. The van der Waals surface area contributed by atoms with Gasteiger partial charge in [-0.1, -0.05) is 23.7 Å². The number of hydrazone groups is 1. The summed E-state index contributed by atoms with van der Waals surface area (Å²) in [6.07, 6.45) is 0.456. The largest absolute Gasteiger partial charge is 0.485 e. The van der Waals surface area contributed by atoms with E-state index in [4.69, 9.17) is 25.5 Å². The third kappa shape index (κ3) is 4.11. The van der Waals surface area contributed by atoms with Crippen molar-refractivity contribution in [1.29, 1.82) is 0 Å². The van der Waals surface area contributed by atoms with Crippen molar-refractivity contribution >= 4 is 29.4 Å². The van der Waals surface area contributed by atoms with Gasteiger partial charge in [-0.05, 0) is 30.3 Å². The first kappa shape index (κ1) is 19.5. The number of hydrogen-bond donors (Lipinski definition) is 1. The van der Waals surface area contributed by atoms with Crippen LogP contribution in [0.1, 0.15) is 5.76 Å². The highest BCUT2D eigenvalue weighted by Crippen LogP contribution is 2.32. The fourth-order valence-electron chi connectivity index (χ4n) is 2.76. The van der Waals surface area contributed by atoms with Crippen LogP contribution >= 0.6 is 11.6 Å². The van der Waals surface area contributed by atoms with Crippen LogP contribution in [0.25, 0.3) is 11.3 Å². The Morgan fingerprint density at radius 2 is 2.00 bits per heavy atom. The number of halogens is 1. The van der Waals surface area contributed by atoms with Gasteiger partial charge in [0, 0.05) is 17.7 Å². The number of nitrogens with zero attached hydrogens (tertiary/aromatic N) is 2. The molecule has 30 heavy (non-hydrogen) atoms. The third-order valence-corrected chi connectivity index (χ3v) is 4.55. The van der Waals surface area contributed by atoms with Crippen LogP contribution in [0.4, 0.5) is 5.69 Å². The molecule has 3 aromatic rings. The Balaban J connectivity index is 1.40. The van der Waals surface area contributed by atoms with Gasteiger partial charge in [-0.2, -0.15) is 5.10 Å². The predicted octanol–water partition coefficient (Wildman–Crippen LogP) is 3.80. The monoisotopic (exact) mass is 427 g/mol. The van der Waals surface area contributed by atoms with Gasteiger partial charge >= 0.3 is 0 Å². The first-order chi connectivity index (χ1) is 14.5. The predicted molar refractivity (Wildman–Crippen MR) is 108 cm³/mol. The molecular weight excluding hydrogens is 414 g/mol. The van der Waals surface area contributed by atoms with Gasteiger partial charge in [0.25, 0.3) is 11.6 Å². The van der Waals surface area contributed by atoms with Crippen molar-refractivity contribution in [2.45, 2.75) is 6.10 Å². The van der Waals surface area contributed by atoms with E-state index >= 15 is 0 Å². The molecule has 1 unspecified atom stereocenters. The molecule has 0 saturated heterocycles. The molecule has 9 nitrogen and oxygen atoms in total. The molecule has 0 spiro atoms. The highest BCUT2D eigenvalue weighted by atomic mass is 35.5. The molecule has 1 aliphatic heterocycles. The molecule has 1 aliphatic rings. The maximum atomic E-state index is 12.2. The lowest BCUT2D eigenvalue weighted by molar-refractivity contribution is -0.384. The number of benzene rings is 2. The number of furan rings is 1. The number of non-ortho nitro benzene ring substituents is 1. The average Bonchev–Trinajstić information content (AvgIpc) is 3.22. The lowest BCUT2D eigenvalue weighted by atomic mass is 10.1. The van der Waals surface area contributed by atoms with Crippen LogP contribution in [0.3, 0.4) is 0 Å². The summed E-state index contributed by atoms with van der Waals surface area (Å²) in [4.78, 5) is 22.7. The summed E-state index contributed by atoms with van der Waals surface area (Å²) in [7, 11) is 0. The van der Waals surface area contributed by atoms with Crippen LogP contribution in [-0.4, -0.2) is 29.8 Å². The van der Waals surface area contributed by atoms with Gasteiger partial charge in [-0.3, -0.25) is 14.9 Å². The number of nitrogens with one attached hydrogen (secondary N) is 1. The average molecular weight is 428 g/mol. The molecule has 0 saturated carbocycles. The Morgan fingerprint density at radius 3 is 2.80 bits per heavy atom. The molecule has 1 aromatic heterocycles. The summed E-state index contributed by atoms with van der Waals surface area (Å²) in [6.45, 7) is 0.0640. The van der Waals surface area contributed by atoms with Crippen molar-refractivity contribution in [1.82, 2.24) is 5.43 Å².